The van der Waals surface area contributed by atoms with Crippen LogP contribution in [0.3, 0.4) is 0 Å². The van der Waals surface area contributed by atoms with E-state index in [1.807, 2.05) is 30.4 Å². The molecule has 0 radical (unpaired) electrons. The third-order valence-electron chi connectivity index (χ3n) is 2.80. The predicted molar refractivity (Wildman–Crippen MR) is 75.5 cm³/mol. The van der Waals surface area contributed by atoms with Crippen molar-refractivity contribution >= 4 is 6.08 Å². The number of phenols is 2. The third kappa shape index (κ3) is 3.52. The molecular formula is C16H16O3. The lowest BCUT2D eigenvalue weighted by atomic mass is 10.1. The summed E-state index contributed by atoms with van der Waals surface area (Å²) in [5.41, 5.74) is 2.03. The SMILES string of the molecule is COc1ccc(/C=C\Cc2ccc(O)cc2)cc1O. The second-order valence-corrected chi connectivity index (χ2v) is 4.20. The topological polar surface area (TPSA) is 49.7 Å². The molecule has 2 N–H and O–H groups in total. The normalized spacial score (nSPS) is 10.8. The Kier molecular flexibility index (Phi) is 4.08. The van der Waals surface area contributed by atoms with Crippen LogP contribution in [0.25, 0.3) is 6.08 Å². The molecule has 19 heavy (non-hydrogen) atoms. The van der Waals surface area contributed by atoms with Crippen molar-refractivity contribution in [3.05, 3.63) is 59.7 Å². The second kappa shape index (κ2) is 5.96. The molecule has 0 aromatic heterocycles. The van der Waals surface area contributed by atoms with Gasteiger partial charge in [0.1, 0.15) is 5.75 Å². The van der Waals surface area contributed by atoms with Crippen molar-refractivity contribution < 1.29 is 14.9 Å². The Balaban J connectivity index is 2.02. The molecule has 0 fully saturated rings. The zero-order chi connectivity index (χ0) is 13.7. The van der Waals surface area contributed by atoms with Gasteiger partial charge >= 0.3 is 0 Å². The quantitative estimate of drug-likeness (QED) is 0.881. The Labute approximate surface area is 112 Å². The molecule has 0 aliphatic rings. The number of phenolic OH excluding ortho intramolecular Hbond substituents is 2. The van der Waals surface area contributed by atoms with Gasteiger partial charge < -0.3 is 14.9 Å². The largest absolute Gasteiger partial charge is 0.508 e. The van der Waals surface area contributed by atoms with Crippen LogP contribution in [0.15, 0.2) is 48.5 Å². The number of ether oxygens (including phenoxy) is 1. The maximum absolute atomic E-state index is 9.65. The molecule has 0 saturated carbocycles. The monoisotopic (exact) mass is 256 g/mol. The van der Waals surface area contributed by atoms with E-state index >= 15 is 0 Å². The van der Waals surface area contributed by atoms with Crippen molar-refractivity contribution in [2.75, 3.05) is 7.11 Å². The smallest absolute Gasteiger partial charge is 0.160 e. The number of hydrogen-bond acceptors (Lipinski definition) is 3. The van der Waals surface area contributed by atoms with Gasteiger partial charge in [-0.3, -0.25) is 0 Å². The van der Waals surface area contributed by atoms with Gasteiger partial charge in [0.15, 0.2) is 11.5 Å². The summed E-state index contributed by atoms with van der Waals surface area (Å²) in [7, 11) is 1.52. The number of benzene rings is 2. The highest BCUT2D eigenvalue weighted by Gasteiger charge is 1.99. The first-order chi connectivity index (χ1) is 9.19. The lowest BCUT2D eigenvalue weighted by Crippen LogP contribution is -1.84. The fourth-order valence-corrected chi connectivity index (χ4v) is 1.77. The highest BCUT2D eigenvalue weighted by atomic mass is 16.5. The minimum atomic E-state index is 0.134. The van der Waals surface area contributed by atoms with Gasteiger partial charge in [0.2, 0.25) is 0 Å². The number of methoxy groups -OCH3 is 1. The maximum Gasteiger partial charge on any atom is 0.160 e. The lowest BCUT2D eigenvalue weighted by molar-refractivity contribution is 0.373. The summed E-state index contributed by atoms with van der Waals surface area (Å²) >= 11 is 0. The van der Waals surface area contributed by atoms with Gasteiger partial charge in [-0.2, -0.15) is 0 Å². The van der Waals surface area contributed by atoms with E-state index in [0.29, 0.717) is 5.75 Å². The van der Waals surface area contributed by atoms with Crippen LogP contribution in [-0.4, -0.2) is 17.3 Å². The molecule has 2 aromatic rings. The van der Waals surface area contributed by atoms with E-state index in [1.165, 1.54) is 7.11 Å². The average molecular weight is 256 g/mol. The maximum atomic E-state index is 9.65. The van der Waals surface area contributed by atoms with Gasteiger partial charge in [0, 0.05) is 0 Å². The number of aromatic hydroxyl groups is 2. The molecule has 98 valence electrons. The van der Waals surface area contributed by atoms with E-state index in [2.05, 4.69) is 0 Å². The standard InChI is InChI=1S/C16H16O3/c1-19-16-10-7-13(11-15(16)18)4-2-3-12-5-8-14(17)9-6-12/h2,4-11,17-18H,3H2,1H3/b4-2-. The second-order valence-electron chi connectivity index (χ2n) is 4.20. The van der Waals surface area contributed by atoms with Crippen molar-refractivity contribution in [1.82, 2.24) is 0 Å². The number of allylic oxidation sites excluding steroid dienone is 1. The fourth-order valence-electron chi connectivity index (χ4n) is 1.77. The molecule has 0 amide bonds. The van der Waals surface area contributed by atoms with Crippen LogP contribution in [0.5, 0.6) is 17.2 Å². The van der Waals surface area contributed by atoms with Gasteiger partial charge in [-0.25, -0.2) is 0 Å². The zero-order valence-corrected chi connectivity index (χ0v) is 10.7. The molecule has 0 atom stereocenters. The van der Waals surface area contributed by atoms with Crippen molar-refractivity contribution in [3.63, 3.8) is 0 Å². The summed E-state index contributed by atoms with van der Waals surface area (Å²) in [5.74, 6) is 0.873. The molecule has 0 aliphatic heterocycles. The van der Waals surface area contributed by atoms with Gasteiger partial charge in [-0.1, -0.05) is 30.4 Å². The molecule has 0 unspecified atom stereocenters. The van der Waals surface area contributed by atoms with Gasteiger partial charge in [0.25, 0.3) is 0 Å². The summed E-state index contributed by atoms with van der Waals surface area (Å²) in [6.07, 6.45) is 4.71. The van der Waals surface area contributed by atoms with Crippen LogP contribution in [-0.2, 0) is 6.42 Å². The average Bonchev–Trinajstić information content (AvgIpc) is 2.41. The Morgan fingerprint density at radius 3 is 2.42 bits per heavy atom. The molecule has 0 saturated heterocycles. The molecule has 0 heterocycles. The van der Waals surface area contributed by atoms with Crippen molar-refractivity contribution in [2.24, 2.45) is 0 Å². The summed E-state index contributed by atoms with van der Waals surface area (Å²) in [6, 6.07) is 12.4. The Morgan fingerprint density at radius 2 is 1.79 bits per heavy atom. The zero-order valence-electron chi connectivity index (χ0n) is 10.7. The number of rotatable bonds is 4. The van der Waals surface area contributed by atoms with Crippen LogP contribution < -0.4 is 4.74 Å². The summed E-state index contributed by atoms with van der Waals surface area (Å²) in [5, 5.41) is 18.8. The molecule has 0 aliphatic carbocycles. The van der Waals surface area contributed by atoms with Crippen LogP contribution >= 0.6 is 0 Å². The molecule has 3 heteroatoms. The van der Waals surface area contributed by atoms with E-state index in [1.54, 1.807) is 24.3 Å². The molecule has 0 bridgehead atoms. The van der Waals surface area contributed by atoms with Crippen LogP contribution in [0.1, 0.15) is 11.1 Å². The number of hydrogen-bond donors (Lipinski definition) is 2. The molecule has 2 rings (SSSR count). The van der Waals surface area contributed by atoms with E-state index < -0.39 is 0 Å². The summed E-state index contributed by atoms with van der Waals surface area (Å²) in [4.78, 5) is 0. The Morgan fingerprint density at radius 1 is 1.05 bits per heavy atom. The molecular weight excluding hydrogens is 240 g/mol. The van der Waals surface area contributed by atoms with Crippen LogP contribution in [0.4, 0.5) is 0 Å². The van der Waals surface area contributed by atoms with Gasteiger partial charge in [-0.05, 0) is 41.8 Å². The Bertz CT molecular complexity index is 571. The lowest BCUT2D eigenvalue weighted by Gasteiger charge is -2.03. The third-order valence-corrected chi connectivity index (χ3v) is 2.80. The van der Waals surface area contributed by atoms with E-state index in [-0.39, 0.29) is 11.5 Å². The van der Waals surface area contributed by atoms with Crippen molar-refractivity contribution in [3.8, 4) is 17.2 Å². The minimum absolute atomic E-state index is 0.134. The highest BCUT2D eigenvalue weighted by molar-refractivity contribution is 5.55. The van der Waals surface area contributed by atoms with Crippen molar-refractivity contribution in [2.45, 2.75) is 6.42 Å². The molecule has 3 nitrogen and oxygen atoms in total. The predicted octanol–water partition coefficient (Wildman–Crippen LogP) is 3.36. The first-order valence-corrected chi connectivity index (χ1v) is 6.00. The van der Waals surface area contributed by atoms with Crippen LogP contribution in [0, 0.1) is 0 Å². The summed E-state index contributed by atoms with van der Waals surface area (Å²) < 4.78 is 4.99. The molecule has 2 aromatic carbocycles. The minimum Gasteiger partial charge on any atom is -0.508 e. The van der Waals surface area contributed by atoms with E-state index in [0.717, 1.165) is 17.5 Å². The van der Waals surface area contributed by atoms with E-state index in [9.17, 15) is 10.2 Å². The van der Waals surface area contributed by atoms with E-state index in [4.69, 9.17) is 4.74 Å². The fraction of sp³-hybridized carbons (Fsp3) is 0.125. The first-order valence-electron chi connectivity index (χ1n) is 6.00. The van der Waals surface area contributed by atoms with Gasteiger partial charge in [-0.15, -0.1) is 0 Å². The van der Waals surface area contributed by atoms with Crippen molar-refractivity contribution in [1.29, 1.82) is 0 Å². The summed E-state index contributed by atoms with van der Waals surface area (Å²) in [6.45, 7) is 0. The Hall–Kier alpha value is -2.42. The molecule has 0 spiro atoms. The highest BCUT2D eigenvalue weighted by Crippen LogP contribution is 2.26. The first kappa shape index (κ1) is 13.0. The van der Waals surface area contributed by atoms with Gasteiger partial charge in [0.05, 0.1) is 7.11 Å². The van der Waals surface area contributed by atoms with Crippen LogP contribution in [0.2, 0.25) is 0 Å².